The fraction of sp³-hybridized carbons (Fsp3) is 0.364. The number of hydrogen-bond donors (Lipinski definition) is 1. The lowest BCUT2D eigenvalue weighted by molar-refractivity contribution is 0.112. The van der Waals surface area contributed by atoms with Crippen molar-refractivity contribution < 1.29 is 9.53 Å². The number of rotatable bonds is 6. The quantitative estimate of drug-likeness (QED) is 0.545. The number of carbonyl (C=O) groups excluding carboxylic acids is 1. The summed E-state index contributed by atoms with van der Waals surface area (Å²) in [4.78, 5) is 10.5. The zero-order valence-corrected chi connectivity index (χ0v) is 8.32. The summed E-state index contributed by atoms with van der Waals surface area (Å²) in [6.07, 6.45) is 0.860. The summed E-state index contributed by atoms with van der Waals surface area (Å²) in [5.74, 6) is 0. The molecule has 0 aliphatic rings. The summed E-state index contributed by atoms with van der Waals surface area (Å²) >= 11 is 0. The number of benzene rings is 1. The van der Waals surface area contributed by atoms with Gasteiger partial charge in [-0.15, -0.1) is 0 Å². The molecule has 0 saturated heterocycles. The van der Waals surface area contributed by atoms with Crippen molar-refractivity contribution in [3.63, 3.8) is 0 Å². The highest BCUT2D eigenvalue weighted by atomic mass is 16.5. The van der Waals surface area contributed by atoms with Crippen molar-refractivity contribution in [2.45, 2.75) is 6.54 Å². The van der Waals surface area contributed by atoms with Crippen LogP contribution < -0.4 is 5.32 Å². The molecule has 0 heterocycles. The first-order valence-electron chi connectivity index (χ1n) is 4.60. The van der Waals surface area contributed by atoms with Crippen LogP contribution in [0, 0.1) is 0 Å². The maximum atomic E-state index is 10.5. The van der Waals surface area contributed by atoms with E-state index in [1.165, 1.54) is 0 Å². The third kappa shape index (κ3) is 3.68. The lowest BCUT2D eigenvalue weighted by Crippen LogP contribution is -2.18. The van der Waals surface area contributed by atoms with Gasteiger partial charge in [-0.2, -0.15) is 0 Å². The summed E-state index contributed by atoms with van der Waals surface area (Å²) in [7, 11) is 1.68. The van der Waals surface area contributed by atoms with Crippen molar-refractivity contribution in [3.8, 4) is 0 Å². The average Bonchev–Trinajstić information content (AvgIpc) is 2.25. The molecule has 0 unspecified atom stereocenters. The van der Waals surface area contributed by atoms with Crippen molar-refractivity contribution in [1.82, 2.24) is 5.32 Å². The number of nitrogens with one attached hydrogen (secondary N) is 1. The molecule has 3 heteroatoms. The van der Waals surface area contributed by atoms with Crippen LogP contribution in [-0.2, 0) is 11.3 Å². The van der Waals surface area contributed by atoms with Crippen molar-refractivity contribution in [2.24, 2.45) is 0 Å². The van der Waals surface area contributed by atoms with Gasteiger partial charge in [0.15, 0.2) is 0 Å². The van der Waals surface area contributed by atoms with Crippen molar-refractivity contribution in [1.29, 1.82) is 0 Å². The van der Waals surface area contributed by atoms with Crippen LogP contribution in [-0.4, -0.2) is 26.5 Å². The van der Waals surface area contributed by atoms with Crippen molar-refractivity contribution >= 4 is 6.29 Å². The number of ether oxygens (including phenoxy) is 1. The number of carbonyl (C=O) groups is 1. The van der Waals surface area contributed by atoms with Gasteiger partial charge in [-0.1, -0.05) is 18.2 Å². The van der Waals surface area contributed by atoms with Gasteiger partial charge in [-0.3, -0.25) is 4.79 Å². The summed E-state index contributed by atoms with van der Waals surface area (Å²) in [5.41, 5.74) is 1.83. The Balaban J connectivity index is 2.38. The Morgan fingerprint density at radius 3 is 3.07 bits per heavy atom. The second-order valence-electron chi connectivity index (χ2n) is 3.03. The fourth-order valence-electron chi connectivity index (χ4n) is 1.18. The van der Waals surface area contributed by atoms with Crippen LogP contribution in [0.15, 0.2) is 24.3 Å². The van der Waals surface area contributed by atoms with E-state index in [4.69, 9.17) is 4.74 Å². The molecule has 0 aromatic heterocycles. The first-order chi connectivity index (χ1) is 6.86. The second-order valence-corrected chi connectivity index (χ2v) is 3.03. The van der Waals surface area contributed by atoms with Crippen LogP contribution in [0.4, 0.5) is 0 Å². The molecule has 0 radical (unpaired) electrons. The predicted octanol–water partition coefficient (Wildman–Crippen LogP) is 1.24. The van der Waals surface area contributed by atoms with E-state index >= 15 is 0 Å². The first kappa shape index (κ1) is 10.9. The van der Waals surface area contributed by atoms with E-state index in [-0.39, 0.29) is 0 Å². The molecule has 1 rings (SSSR count). The van der Waals surface area contributed by atoms with E-state index in [9.17, 15) is 4.79 Å². The van der Waals surface area contributed by atoms with Gasteiger partial charge in [0, 0.05) is 25.8 Å². The summed E-state index contributed by atoms with van der Waals surface area (Å²) < 4.78 is 4.91. The maximum absolute atomic E-state index is 10.5. The summed E-state index contributed by atoms with van der Waals surface area (Å²) in [5, 5.41) is 3.21. The van der Waals surface area contributed by atoms with E-state index in [1.807, 2.05) is 18.2 Å². The van der Waals surface area contributed by atoms with Crippen LogP contribution in [0.3, 0.4) is 0 Å². The van der Waals surface area contributed by atoms with Gasteiger partial charge in [-0.05, 0) is 11.6 Å². The average molecular weight is 193 g/mol. The smallest absolute Gasteiger partial charge is 0.150 e. The maximum Gasteiger partial charge on any atom is 0.150 e. The van der Waals surface area contributed by atoms with Gasteiger partial charge in [0.1, 0.15) is 6.29 Å². The van der Waals surface area contributed by atoms with Crippen molar-refractivity contribution in [2.75, 3.05) is 20.3 Å². The Labute approximate surface area is 84.1 Å². The Morgan fingerprint density at radius 1 is 1.50 bits per heavy atom. The van der Waals surface area contributed by atoms with E-state index in [1.54, 1.807) is 13.2 Å². The highest BCUT2D eigenvalue weighted by molar-refractivity contribution is 5.74. The zero-order chi connectivity index (χ0) is 10.2. The van der Waals surface area contributed by atoms with Gasteiger partial charge < -0.3 is 10.1 Å². The third-order valence-electron chi connectivity index (χ3n) is 1.90. The lowest BCUT2D eigenvalue weighted by atomic mass is 10.1. The second kappa shape index (κ2) is 6.29. The SMILES string of the molecule is COCCNCc1cccc(C=O)c1. The van der Waals surface area contributed by atoms with Gasteiger partial charge >= 0.3 is 0 Å². The minimum atomic E-state index is 0.702. The van der Waals surface area contributed by atoms with Crippen LogP contribution >= 0.6 is 0 Å². The summed E-state index contributed by atoms with van der Waals surface area (Å²) in [6, 6.07) is 7.56. The molecule has 3 nitrogen and oxygen atoms in total. The van der Waals surface area contributed by atoms with Gasteiger partial charge in [0.2, 0.25) is 0 Å². The Kier molecular flexibility index (Phi) is 4.89. The molecule has 0 saturated carbocycles. The number of hydrogen-bond acceptors (Lipinski definition) is 3. The molecule has 0 fully saturated rings. The molecular weight excluding hydrogens is 178 g/mol. The Hall–Kier alpha value is -1.19. The highest BCUT2D eigenvalue weighted by Crippen LogP contribution is 2.02. The minimum absolute atomic E-state index is 0.702. The topological polar surface area (TPSA) is 38.3 Å². The van der Waals surface area contributed by atoms with Gasteiger partial charge in [0.25, 0.3) is 0 Å². The molecule has 1 N–H and O–H groups in total. The van der Waals surface area contributed by atoms with Crippen LogP contribution in [0.25, 0.3) is 0 Å². The fourth-order valence-corrected chi connectivity index (χ4v) is 1.18. The normalized spacial score (nSPS) is 10.1. The first-order valence-corrected chi connectivity index (χ1v) is 4.60. The molecular formula is C11H15NO2. The van der Waals surface area contributed by atoms with Crippen molar-refractivity contribution in [3.05, 3.63) is 35.4 Å². The van der Waals surface area contributed by atoms with Crippen LogP contribution in [0.5, 0.6) is 0 Å². The predicted molar refractivity (Wildman–Crippen MR) is 55.4 cm³/mol. The monoisotopic (exact) mass is 193 g/mol. The molecule has 76 valence electrons. The molecule has 1 aromatic rings. The largest absolute Gasteiger partial charge is 0.383 e. The molecule has 0 aliphatic carbocycles. The molecule has 0 atom stereocenters. The number of aldehydes is 1. The summed E-state index contributed by atoms with van der Waals surface area (Å²) in [6.45, 7) is 2.29. The zero-order valence-electron chi connectivity index (χ0n) is 8.32. The van der Waals surface area contributed by atoms with Gasteiger partial charge in [0.05, 0.1) is 6.61 Å². The molecule has 0 aliphatic heterocycles. The lowest BCUT2D eigenvalue weighted by Gasteiger charge is -2.04. The number of methoxy groups -OCH3 is 1. The minimum Gasteiger partial charge on any atom is -0.383 e. The molecule has 14 heavy (non-hydrogen) atoms. The highest BCUT2D eigenvalue weighted by Gasteiger charge is 1.94. The van der Waals surface area contributed by atoms with E-state index in [0.717, 1.165) is 30.5 Å². The van der Waals surface area contributed by atoms with E-state index in [2.05, 4.69) is 5.32 Å². The van der Waals surface area contributed by atoms with E-state index < -0.39 is 0 Å². The molecule has 1 aromatic carbocycles. The molecule has 0 amide bonds. The molecule has 0 spiro atoms. The standard InChI is InChI=1S/C11H15NO2/c1-14-6-5-12-8-10-3-2-4-11(7-10)9-13/h2-4,7,9,12H,5-6,8H2,1H3. The Morgan fingerprint density at radius 2 is 2.36 bits per heavy atom. The van der Waals surface area contributed by atoms with Gasteiger partial charge in [-0.25, -0.2) is 0 Å². The molecule has 0 bridgehead atoms. The Bertz CT molecular complexity index is 286. The van der Waals surface area contributed by atoms with Crippen LogP contribution in [0.1, 0.15) is 15.9 Å². The van der Waals surface area contributed by atoms with E-state index in [0.29, 0.717) is 6.61 Å². The third-order valence-corrected chi connectivity index (χ3v) is 1.90. The van der Waals surface area contributed by atoms with Crippen LogP contribution in [0.2, 0.25) is 0 Å².